The standard InChI is InChI=1S/C12H19BN2O3/c1-11(2)12(3,4)18-13(17-11)8-6-9(10(14)16)15(5)7-8/h6-7H,1-5H3,(H2,14,16). The number of carbonyl (C=O) groups excluding carboxylic acids is 1. The number of nitrogens with two attached hydrogens (primary N) is 1. The highest BCUT2D eigenvalue weighted by Crippen LogP contribution is 2.36. The molecule has 1 aliphatic heterocycles. The molecule has 1 saturated heterocycles. The Morgan fingerprint density at radius 1 is 1.28 bits per heavy atom. The summed E-state index contributed by atoms with van der Waals surface area (Å²) in [6.45, 7) is 7.96. The van der Waals surface area contributed by atoms with Gasteiger partial charge in [0.05, 0.1) is 11.2 Å². The molecule has 0 aliphatic carbocycles. The summed E-state index contributed by atoms with van der Waals surface area (Å²) in [6, 6.07) is 1.71. The molecule has 18 heavy (non-hydrogen) atoms. The number of hydrogen-bond donors (Lipinski definition) is 1. The molecular formula is C12H19BN2O3. The Labute approximate surface area is 107 Å². The van der Waals surface area contributed by atoms with Gasteiger partial charge in [0.2, 0.25) is 0 Å². The highest BCUT2D eigenvalue weighted by Gasteiger charge is 2.52. The number of aromatic nitrogens is 1. The third kappa shape index (κ3) is 1.95. The quantitative estimate of drug-likeness (QED) is 0.773. The second kappa shape index (κ2) is 3.86. The minimum absolute atomic E-state index is 0.388. The fourth-order valence-corrected chi connectivity index (χ4v) is 1.94. The number of aryl methyl sites for hydroxylation is 1. The van der Waals surface area contributed by atoms with Crippen molar-refractivity contribution in [3.63, 3.8) is 0 Å². The molecule has 0 unspecified atom stereocenters. The van der Waals surface area contributed by atoms with E-state index in [-0.39, 0.29) is 11.2 Å². The lowest BCUT2D eigenvalue weighted by Gasteiger charge is -2.32. The number of primary amides is 1. The Morgan fingerprint density at radius 3 is 2.17 bits per heavy atom. The lowest BCUT2D eigenvalue weighted by atomic mass is 9.81. The van der Waals surface area contributed by atoms with Gasteiger partial charge in [-0.1, -0.05) is 0 Å². The largest absolute Gasteiger partial charge is 0.496 e. The van der Waals surface area contributed by atoms with Gasteiger partial charge in [0, 0.05) is 18.7 Å². The van der Waals surface area contributed by atoms with Crippen LogP contribution in [-0.2, 0) is 16.4 Å². The molecule has 6 heteroatoms. The maximum atomic E-state index is 11.2. The van der Waals surface area contributed by atoms with Gasteiger partial charge in [0.1, 0.15) is 5.69 Å². The van der Waals surface area contributed by atoms with Crippen LogP contribution in [-0.4, -0.2) is 28.8 Å². The zero-order valence-corrected chi connectivity index (χ0v) is 11.5. The molecule has 1 aromatic heterocycles. The molecule has 0 saturated carbocycles. The SMILES string of the molecule is Cn1cc(B2OC(C)(C)C(C)(C)O2)cc1C(N)=O. The first kappa shape index (κ1) is 13.2. The van der Waals surface area contributed by atoms with E-state index in [2.05, 4.69) is 0 Å². The number of amides is 1. The highest BCUT2D eigenvalue weighted by molar-refractivity contribution is 6.62. The van der Waals surface area contributed by atoms with E-state index in [1.807, 2.05) is 33.9 Å². The Balaban J connectivity index is 2.30. The van der Waals surface area contributed by atoms with E-state index in [9.17, 15) is 4.79 Å². The van der Waals surface area contributed by atoms with E-state index >= 15 is 0 Å². The number of carbonyl (C=O) groups is 1. The van der Waals surface area contributed by atoms with Crippen LogP contribution in [0.25, 0.3) is 0 Å². The zero-order chi connectivity index (χ0) is 13.7. The molecule has 1 amide bonds. The molecule has 0 radical (unpaired) electrons. The van der Waals surface area contributed by atoms with Crippen molar-refractivity contribution >= 4 is 18.5 Å². The van der Waals surface area contributed by atoms with E-state index in [1.54, 1.807) is 17.7 Å². The van der Waals surface area contributed by atoms with E-state index in [4.69, 9.17) is 15.0 Å². The fourth-order valence-electron chi connectivity index (χ4n) is 1.94. The third-order valence-corrected chi connectivity index (χ3v) is 3.80. The van der Waals surface area contributed by atoms with Gasteiger partial charge in [-0.3, -0.25) is 4.79 Å². The minimum Gasteiger partial charge on any atom is -0.399 e. The lowest BCUT2D eigenvalue weighted by molar-refractivity contribution is 0.00578. The Hall–Kier alpha value is -1.27. The van der Waals surface area contributed by atoms with Gasteiger partial charge in [-0.05, 0) is 33.8 Å². The Kier molecular flexibility index (Phi) is 2.83. The molecule has 98 valence electrons. The monoisotopic (exact) mass is 250 g/mol. The summed E-state index contributed by atoms with van der Waals surface area (Å²) in [4.78, 5) is 11.2. The van der Waals surface area contributed by atoms with Gasteiger partial charge in [-0.2, -0.15) is 0 Å². The van der Waals surface area contributed by atoms with Crippen molar-refractivity contribution in [2.45, 2.75) is 38.9 Å². The van der Waals surface area contributed by atoms with E-state index in [0.717, 1.165) is 5.46 Å². The van der Waals surface area contributed by atoms with Crippen molar-refractivity contribution in [2.75, 3.05) is 0 Å². The summed E-state index contributed by atoms with van der Waals surface area (Å²) in [7, 11) is 1.31. The topological polar surface area (TPSA) is 66.5 Å². The molecule has 1 aliphatic rings. The normalized spacial score (nSPS) is 21.3. The maximum Gasteiger partial charge on any atom is 0.496 e. The van der Waals surface area contributed by atoms with E-state index in [1.165, 1.54) is 0 Å². The molecule has 2 heterocycles. The van der Waals surface area contributed by atoms with Crippen LogP contribution in [0.4, 0.5) is 0 Å². The van der Waals surface area contributed by atoms with E-state index in [0.29, 0.717) is 5.69 Å². The predicted octanol–water partition coefficient (Wildman–Crippen LogP) is 0.423. The fraction of sp³-hybridized carbons (Fsp3) is 0.583. The van der Waals surface area contributed by atoms with Crippen LogP contribution >= 0.6 is 0 Å². The minimum atomic E-state index is -0.464. The third-order valence-electron chi connectivity index (χ3n) is 3.80. The van der Waals surface area contributed by atoms with Crippen LogP contribution < -0.4 is 11.2 Å². The number of rotatable bonds is 2. The number of hydrogen-bond acceptors (Lipinski definition) is 3. The van der Waals surface area contributed by atoms with Crippen molar-refractivity contribution < 1.29 is 14.1 Å². The molecule has 1 fully saturated rings. The zero-order valence-electron chi connectivity index (χ0n) is 11.5. The van der Waals surface area contributed by atoms with Crippen LogP contribution in [0.5, 0.6) is 0 Å². The Bertz CT molecular complexity index is 478. The molecular weight excluding hydrogens is 231 g/mol. The predicted molar refractivity (Wildman–Crippen MR) is 69.6 cm³/mol. The summed E-state index contributed by atoms with van der Waals surface area (Å²) in [5.41, 5.74) is 5.77. The smallest absolute Gasteiger partial charge is 0.399 e. The molecule has 5 nitrogen and oxygen atoms in total. The molecule has 2 rings (SSSR count). The highest BCUT2D eigenvalue weighted by atomic mass is 16.7. The van der Waals surface area contributed by atoms with E-state index < -0.39 is 13.0 Å². The van der Waals surface area contributed by atoms with Crippen molar-refractivity contribution in [2.24, 2.45) is 12.8 Å². The molecule has 0 bridgehead atoms. The summed E-state index contributed by atoms with van der Waals surface area (Å²) in [6.07, 6.45) is 1.81. The van der Waals surface area contributed by atoms with Gasteiger partial charge in [0.15, 0.2) is 0 Å². The maximum absolute atomic E-state index is 11.2. The lowest BCUT2D eigenvalue weighted by Crippen LogP contribution is -2.41. The molecule has 1 aromatic rings. The van der Waals surface area contributed by atoms with Crippen molar-refractivity contribution in [3.05, 3.63) is 18.0 Å². The van der Waals surface area contributed by atoms with Gasteiger partial charge in [-0.25, -0.2) is 0 Å². The number of nitrogens with zero attached hydrogens (tertiary/aromatic N) is 1. The average molecular weight is 250 g/mol. The molecule has 0 aromatic carbocycles. The molecule has 0 spiro atoms. The second-order valence-corrected chi connectivity index (χ2v) is 5.72. The van der Waals surface area contributed by atoms with Crippen LogP contribution in [0.3, 0.4) is 0 Å². The van der Waals surface area contributed by atoms with Gasteiger partial charge in [-0.15, -0.1) is 0 Å². The molecule has 0 atom stereocenters. The average Bonchev–Trinajstić information content (AvgIpc) is 2.66. The van der Waals surface area contributed by atoms with Crippen LogP contribution in [0.2, 0.25) is 0 Å². The first-order valence-electron chi connectivity index (χ1n) is 5.96. The Morgan fingerprint density at radius 2 is 1.78 bits per heavy atom. The summed E-state index contributed by atoms with van der Waals surface area (Å²) < 4.78 is 13.5. The summed E-state index contributed by atoms with van der Waals surface area (Å²) >= 11 is 0. The van der Waals surface area contributed by atoms with Crippen LogP contribution in [0, 0.1) is 0 Å². The first-order chi connectivity index (χ1) is 8.14. The van der Waals surface area contributed by atoms with Gasteiger partial charge < -0.3 is 19.6 Å². The summed E-state index contributed by atoms with van der Waals surface area (Å²) in [5.74, 6) is -0.458. The van der Waals surface area contributed by atoms with Crippen LogP contribution in [0.15, 0.2) is 12.3 Å². The van der Waals surface area contributed by atoms with Gasteiger partial charge in [0.25, 0.3) is 5.91 Å². The first-order valence-corrected chi connectivity index (χ1v) is 5.96. The second-order valence-electron chi connectivity index (χ2n) is 5.72. The van der Waals surface area contributed by atoms with Gasteiger partial charge >= 0.3 is 7.12 Å². The van der Waals surface area contributed by atoms with Crippen molar-refractivity contribution in [3.8, 4) is 0 Å². The van der Waals surface area contributed by atoms with Crippen LogP contribution in [0.1, 0.15) is 38.2 Å². The molecule has 2 N–H and O–H groups in total. The van der Waals surface area contributed by atoms with Crippen molar-refractivity contribution in [1.29, 1.82) is 0 Å². The van der Waals surface area contributed by atoms with Crippen molar-refractivity contribution in [1.82, 2.24) is 4.57 Å². The summed E-state index contributed by atoms with van der Waals surface area (Å²) in [5, 5.41) is 0.